The number of aromatic amines is 1. The van der Waals surface area contributed by atoms with Crippen LogP contribution in [-0.4, -0.2) is 11.5 Å². The van der Waals surface area contributed by atoms with Crippen LogP contribution >= 0.6 is 11.3 Å². The fourth-order valence-corrected chi connectivity index (χ4v) is 3.23. The average molecular weight is 252 g/mol. The Morgan fingerprint density at radius 2 is 2.41 bits per heavy atom. The second-order valence-electron chi connectivity index (χ2n) is 5.10. The van der Waals surface area contributed by atoms with Gasteiger partial charge in [-0.05, 0) is 38.1 Å². The molecule has 3 nitrogen and oxygen atoms in total. The van der Waals surface area contributed by atoms with Crippen molar-refractivity contribution in [2.45, 2.75) is 33.2 Å². The predicted molar refractivity (Wildman–Crippen MR) is 72.3 cm³/mol. The average Bonchev–Trinajstić information content (AvgIpc) is 2.63. The number of nitrogens with one attached hydrogen (secondary N) is 2. The van der Waals surface area contributed by atoms with Crippen LogP contribution in [0.3, 0.4) is 0 Å². The second-order valence-corrected chi connectivity index (χ2v) is 5.94. The smallest absolute Gasteiger partial charge is 0.304 e. The lowest BCUT2D eigenvalue weighted by Crippen LogP contribution is -2.26. The summed E-state index contributed by atoms with van der Waals surface area (Å²) in [6, 6.07) is 0. The van der Waals surface area contributed by atoms with Crippen LogP contribution in [0.5, 0.6) is 0 Å². The highest BCUT2D eigenvalue weighted by Crippen LogP contribution is 2.27. The van der Waals surface area contributed by atoms with E-state index in [9.17, 15) is 4.79 Å². The lowest BCUT2D eigenvalue weighted by Gasteiger charge is -2.25. The van der Waals surface area contributed by atoms with Crippen molar-refractivity contribution in [3.8, 4) is 0 Å². The molecule has 0 radical (unpaired) electrons. The first-order valence-electron chi connectivity index (χ1n) is 6.18. The summed E-state index contributed by atoms with van der Waals surface area (Å²) in [4.78, 5) is 13.8. The van der Waals surface area contributed by atoms with Crippen LogP contribution in [0.1, 0.15) is 32.4 Å². The largest absolute Gasteiger partial charge is 0.315 e. The molecule has 0 aliphatic heterocycles. The monoisotopic (exact) mass is 252 g/mol. The molecule has 2 rings (SSSR count). The van der Waals surface area contributed by atoms with E-state index in [-0.39, 0.29) is 4.87 Å². The summed E-state index contributed by atoms with van der Waals surface area (Å²) < 4.78 is 0. The third kappa shape index (κ3) is 3.82. The molecule has 0 amide bonds. The SMILES string of the molecule is CC1=CC(C)CC(CNCc2csc(=O)[nH]2)C1. The Bertz CT molecular complexity index is 446. The topological polar surface area (TPSA) is 44.9 Å². The Morgan fingerprint density at radius 3 is 3.06 bits per heavy atom. The number of thiazole rings is 1. The molecule has 0 spiro atoms. The van der Waals surface area contributed by atoms with Gasteiger partial charge in [0.1, 0.15) is 0 Å². The molecule has 17 heavy (non-hydrogen) atoms. The molecule has 1 aliphatic carbocycles. The first-order valence-corrected chi connectivity index (χ1v) is 7.06. The number of H-pyrrole nitrogens is 1. The molecule has 0 saturated carbocycles. The quantitative estimate of drug-likeness (QED) is 0.809. The van der Waals surface area contributed by atoms with Crippen LogP contribution in [0.2, 0.25) is 0 Å². The van der Waals surface area contributed by atoms with Crippen molar-refractivity contribution in [3.63, 3.8) is 0 Å². The third-order valence-corrected chi connectivity index (χ3v) is 3.92. The van der Waals surface area contributed by atoms with Gasteiger partial charge in [0, 0.05) is 17.6 Å². The van der Waals surface area contributed by atoms with E-state index >= 15 is 0 Å². The van der Waals surface area contributed by atoms with E-state index in [1.165, 1.54) is 29.8 Å². The van der Waals surface area contributed by atoms with E-state index in [4.69, 9.17) is 0 Å². The van der Waals surface area contributed by atoms with Crippen molar-refractivity contribution in [2.75, 3.05) is 6.54 Å². The number of hydrogen-bond donors (Lipinski definition) is 2. The van der Waals surface area contributed by atoms with Crippen molar-refractivity contribution in [3.05, 3.63) is 32.4 Å². The second kappa shape index (κ2) is 5.65. The zero-order chi connectivity index (χ0) is 12.3. The molecule has 0 bridgehead atoms. The van der Waals surface area contributed by atoms with Crippen molar-refractivity contribution in [1.82, 2.24) is 10.3 Å². The zero-order valence-electron chi connectivity index (χ0n) is 10.5. The minimum atomic E-state index is 0.0341. The fraction of sp³-hybridized carbons (Fsp3) is 0.615. The minimum Gasteiger partial charge on any atom is -0.315 e. The zero-order valence-corrected chi connectivity index (χ0v) is 11.3. The van der Waals surface area contributed by atoms with Crippen LogP contribution in [0.15, 0.2) is 21.8 Å². The molecule has 2 unspecified atom stereocenters. The van der Waals surface area contributed by atoms with E-state index in [2.05, 4.69) is 30.2 Å². The molecule has 1 aliphatic rings. The van der Waals surface area contributed by atoms with Crippen molar-refractivity contribution in [1.29, 1.82) is 0 Å². The Hall–Kier alpha value is -0.870. The summed E-state index contributed by atoms with van der Waals surface area (Å²) in [6.45, 7) is 6.31. The van der Waals surface area contributed by atoms with Gasteiger partial charge >= 0.3 is 4.87 Å². The number of aromatic nitrogens is 1. The van der Waals surface area contributed by atoms with Gasteiger partial charge in [-0.3, -0.25) is 4.79 Å². The Labute approximate surface area is 106 Å². The molecule has 4 heteroatoms. The van der Waals surface area contributed by atoms with Crippen LogP contribution in [0.4, 0.5) is 0 Å². The molecule has 0 aromatic carbocycles. The number of allylic oxidation sites excluding steroid dienone is 2. The summed E-state index contributed by atoms with van der Waals surface area (Å²) in [7, 11) is 0. The maximum Gasteiger partial charge on any atom is 0.304 e. The van der Waals surface area contributed by atoms with Gasteiger partial charge in [-0.1, -0.05) is 29.9 Å². The van der Waals surface area contributed by atoms with Gasteiger partial charge < -0.3 is 10.3 Å². The van der Waals surface area contributed by atoms with Crippen molar-refractivity contribution < 1.29 is 0 Å². The summed E-state index contributed by atoms with van der Waals surface area (Å²) in [5, 5.41) is 5.33. The Morgan fingerprint density at radius 1 is 1.59 bits per heavy atom. The van der Waals surface area contributed by atoms with Crippen LogP contribution in [0, 0.1) is 11.8 Å². The van der Waals surface area contributed by atoms with Gasteiger partial charge in [0.25, 0.3) is 0 Å². The molecule has 0 fully saturated rings. The van der Waals surface area contributed by atoms with Gasteiger partial charge in [-0.15, -0.1) is 0 Å². The molecular weight excluding hydrogens is 232 g/mol. The number of hydrogen-bond acceptors (Lipinski definition) is 3. The van der Waals surface area contributed by atoms with Gasteiger partial charge in [0.05, 0.1) is 0 Å². The lowest BCUT2D eigenvalue weighted by atomic mass is 9.84. The normalized spacial score (nSPS) is 24.7. The minimum absolute atomic E-state index is 0.0341. The van der Waals surface area contributed by atoms with Gasteiger partial charge in [-0.25, -0.2) is 0 Å². The third-order valence-electron chi connectivity index (χ3n) is 3.20. The van der Waals surface area contributed by atoms with Crippen molar-refractivity contribution in [2.24, 2.45) is 11.8 Å². The van der Waals surface area contributed by atoms with Gasteiger partial charge in [0.2, 0.25) is 0 Å². The first-order chi connectivity index (χ1) is 8.13. The van der Waals surface area contributed by atoms with Crippen molar-refractivity contribution >= 4 is 11.3 Å². The molecule has 1 heterocycles. The van der Waals surface area contributed by atoms with Gasteiger partial charge in [0.15, 0.2) is 0 Å². The lowest BCUT2D eigenvalue weighted by molar-refractivity contribution is 0.380. The van der Waals surface area contributed by atoms with Crippen LogP contribution < -0.4 is 10.2 Å². The molecule has 2 N–H and O–H groups in total. The Balaban J connectivity index is 1.76. The molecule has 1 aromatic rings. The first kappa shape index (κ1) is 12.6. The van der Waals surface area contributed by atoms with E-state index in [1.54, 1.807) is 0 Å². The summed E-state index contributed by atoms with van der Waals surface area (Å²) in [5.74, 6) is 1.44. The molecule has 0 saturated heterocycles. The molecule has 1 aromatic heterocycles. The van der Waals surface area contributed by atoms with E-state index < -0.39 is 0 Å². The van der Waals surface area contributed by atoms with E-state index in [1.807, 2.05) is 5.38 Å². The predicted octanol–water partition coefficient (Wildman–Crippen LogP) is 2.52. The highest BCUT2D eigenvalue weighted by molar-refractivity contribution is 7.07. The number of rotatable bonds is 4. The molecular formula is C13H20N2OS. The van der Waals surface area contributed by atoms with Crippen LogP contribution in [0.25, 0.3) is 0 Å². The maximum atomic E-state index is 11.0. The summed E-state index contributed by atoms with van der Waals surface area (Å²) in [6.07, 6.45) is 4.86. The highest BCUT2D eigenvalue weighted by atomic mass is 32.1. The van der Waals surface area contributed by atoms with Gasteiger partial charge in [-0.2, -0.15) is 0 Å². The molecule has 2 atom stereocenters. The maximum absolute atomic E-state index is 11.0. The van der Waals surface area contributed by atoms with Crippen LogP contribution in [-0.2, 0) is 6.54 Å². The standard InChI is InChI=1S/C13H20N2OS/c1-9-3-10(2)5-11(4-9)6-14-7-12-8-17-13(16)15-12/h3,8-9,11,14H,4-7H2,1-2H3,(H,15,16). The Kier molecular flexibility index (Phi) is 4.18. The summed E-state index contributed by atoms with van der Waals surface area (Å²) >= 11 is 1.23. The molecule has 94 valence electrons. The van der Waals surface area contributed by atoms with E-state index in [0.29, 0.717) is 5.92 Å². The fourth-order valence-electron chi connectivity index (χ4n) is 2.65. The highest BCUT2D eigenvalue weighted by Gasteiger charge is 2.17. The van der Waals surface area contributed by atoms with E-state index in [0.717, 1.165) is 24.7 Å². The summed E-state index contributed by atoms with van der Waals surface area (Å²) in [5.41, 5.74) is 2.51.